The standard InChI is InChI=1S/C62H119N2O7P/c1-7-10-13-16-19-22-25-28-30-31-32-33-34-37-40-43-46-49-52-55-62(66)71-60(53-50-47-44-41-38-35-27-24-21-18-15-12-9-3)59(58-70-72(67,68)69-57-56-64(4,5)6)63-61(65)54-51-48-45-42-39-36-29-26-23-20-17-14-11-8-2/h28,30,36,39,50,53,59-60H,7-27,29,31-35,37-38,40-49,51-52,54-58H2,1-6H3,(H-,63,65,67,68)/p+1/b30-28+,39-36-,53-50+. The monoisotopic (exact) mass is 1040 g/mol. The zero-order valence-electron chi connectivity index (χ0n) is 48.4. The number of allylic oxidation sites excluding steroid dienone is 5. The maximum absolute atomic E-state index is 13.5. The number of carbonyl (C=O) groups excluding carboxylic acids is 2. The quantitative estimate of drug-likeness (QED) is 0.0205. The van der Waals surface area contributed by atoms with Crippen LogP contribution in [-0.4, -0.2) is 74.3 Å². The van der Waals surface area contributed by atoms with Crippen molar-refractivity contribution in [3.05, 3.63) is 36.5 Å². The Bertz CT molecular complexity index is 1330. The second-order valence-electron chi connectivity index (χ2n) is 22.2. The van der Waals surface area contributed by atoms with E-state index in [-0.39, 0.29) is 31.5 Å². The van der Waals surface area contributed by atoms with Gasteiger partial charge in [-0.2, -0.15) is 0 Å². The molecule has 10 heteroatoms. The van der Waals surface area contributed by atoms with Crippen molar-refractivity contribution >= 4 is 19.7 Å². The summed E-state index contributed by atoms with van der Waals surface area (Å²) in [6, 6.07) is -0.854. The van der Waals surface area contributed by atoms with E-state index >= 15 is 0 Å². The largest absolute Gasteiger partial charge is 0.472 e. The van der Waals surface area contributed by atoms with Crippen LogP contribution in [0.15, 0.2) is 36.5 Å². The van der Waals surface area contributed by atoms with Crippen LogP contribution >= 0.6 is 7.82 Å². The molecular formula is C62H120N2O7P+. The Kier molecular flexibility index (Phi) is 51.4. The van der Waals surface area contributed by atoms with E-state index in [1.165, 1.54) is 193 Å². The van der Waals surface area contributed by atoms with Gasteiger partial charge < -0.3 is 19.4 Å². The number of ether oxygens (including phenoxy) is 1. The topological polar surface area (TPSA) is 111 Å². The fourth-order valence-electron chi connectivity index (χ4n) is 8.99. The third-order valence-corrected chi connectivity index (χ3v) is 14.8. The van der Waals surface area contributed by atoms with E-state index in [1.54, 1.807) is 0 Å². The summed E-state index contributed by atoms with van der Waals surface area (Å²) in [5, 5.41) is 3.05. The zero-order chi connectivity index (χ0) is 52.9. The SMILES string of the molecule is CCCCCCCC/C=C/CCCCCCCCCCCC(=O)OC(/C=C/CCCCCCCCCCCCC)C(COP(=O)(O)OCC[N+](C)(C)C)NC(=O)CCCCC/C=C\CCCCCCCCC. The smallest absolute Gasteiger partial charge is 0.456 e. The second-order valence-corrected chi connectivity index (χ2v) is 23.7. The van der Waals surface area contributed by atoms with E-state index in [9.17, 15) is 19.0 Å². The molecule has 1 amide bonds. The minimum atomic E-state index is -4.45. The molecule has 424 valence electrons. The van der Waals surface area contributed by atoms with Gasteiger partial charge in [-0.3, -0.25) is 18.6 Å². The van der Waals surface area contributed by atoms with Gasteiger partial charge in [0.05, 0.1) is 33.8 Å². The summed E-state index contributed by atoms with van der Waals surface area (Å²) in [6.45, 7) is 7.02. The summed E-state index contributed by atoms with van der Waals surface area (Å²) in [7, 11) is 1.49. The Balaban J connectivity index is 5.29. The van der Waals surface area contributed by atoms with Crippen molar-refractivity contribution in [2.75, 3.05) is 40.9 Å². The molecule has 0 aliphatic heterocycles. The number of unbranched alkanes of at least 4 members (excludes halogenated alkanes) is 36. The van der Waals surface area contributed by atoms with Crippen LogP contribution in [0.1, 0.15) is 297 Å². The maximum Gasteiger partial charge on any atom is 0.472 e. The molecule has 0 aromatic rings. The van der Waals surface area contributed by atoms with Crippen LogP contribution in [0.4, 0.5) is 0 Å². The van der Waals surface area contributed by atoms with Crippen LogP contribution in [-0.2, 0) is 27.9 Å². The average Bonchev–Trinajstić information content (AvgIpc) is 3.34. The lowest BCUT2D eigenvalue weighted by Gasteiger charge is -2.27. The Hall–Kier alpha value is -1.77. The molecule has 0 aromatic heterocycles. The van der Waals surface area contributed by atoms with Gasteiger partial charge in [-0.25, -0.2) is 4.57 Å². The minimum absolute atomic E-state index is 0.0388. The van der Waals surface area contributed by atoms with Crippen molar-refractivity contribution < 1.29 is 37.3 Å². The van der Waals surface area contributed by atoms with E-state index in [4.69, 9.17) is 13.8 Å². The van der Waals surface area contributed by atoms with Crippen molar-refractivity contribution in [2.24, 2.45) is 0 Å². The molecule has 0 bridgehead atoms. The lowest BCUT2D eigenvalue weighted by atomic mass is 10.0. The molecule has 3 atom stereocenters. The molecule has 0 radical (unpaired) electrons. The van der Waals surface area contributed by atoms with Gasteiger partial charge in [0.15, 0.2) is 0 Å². The average molecular weight is 1040 g/mol. The molecule has 0 saturated carbocycles. The molecule has 0 saturated heterocycles. The lowest BCUT2D eigenvalue weighted by molar-refractivity contribution is -0.870. The Morgan fingerprint density at radius 3 is 1.19 bits per heavy atom. The summed E-state index contributed by atoms with van der Waals surface area (Å²) in [4.78, 5) is 37.7. The van der Waals surface area contributed by atoms with E-state index in [0.717, 1.165) is 70.6 Å². The Morgan fingerprint density at radius 2 is 0.806 bits per heavy atom. The first-order valence-corrected chi connectivity index (χ1v) is 32.3. The van der Waals surface area contributed by atoms with E-state index in [0.29, 0.717) is 17.4 Å². The van der Waals surface area contributed by atoms with Gasteiger partial charge in [-0.05, 0) is 83.1 Å². The predicted molar refractivity (Wildman–Crippen MR) is 309 cm³/mol. The second kappa shape index (κ2) is 52.7. The number of phosphoric acid groups is 1. The molecule has 72 heavy (non-hydrogen) atoms. The van der Waals surface area contributed by atoms with Crippen LogP contribution in [0, 0.1) is 0 Å². The first-order chi connectivity index (χ1) is 34.9. The normalized spacial score (nSPS) is 13.9. The number of nitrogens with one attached hydrogen (secondary N) is 1. The number of nitrogens with zero attached hydrogens (tertiary/aromatic N) is 1. The number of phosphoric ester groups is 1. The predicted octanol–water partition coefficient (Wildman–Crippen LogP) is 18.7. The highest BCUT2D eigenvalue weighted by Crippen LogP contribution is 2.43. The van der Waals surface area contributed by atoms with Crippen LogP contribution in [0.3, 0.4) is 0 Å². The van der Waals surface area contributed by atoms with Crippen LogP contribution in [0.25, 0.3) is 0 Å². The van der Waals surface area contributed by atoms with Crippen molar-refractivity contribution in [3.8, 4) is 0 Å². The number of esters is 1. The third-order valence-electron chi connectivity index (χ3n) is 13.8. The van der Waals surface area contributed by atoms with Gasteiger partial charge in [0.25, 0.3) is 0 Å². The van der Waals surface area contributed by atoms with Gasteiger partial charge in [0.2, 0.25) is 5.91 Å². The molecule has 0 spiro atoms. The van der Waals surface area contributed by atoms with Gasteiger partial charge in [-0.15, -0.1) is 0 Å². The molecule has 9 nitrogen and oxygen atoms in total. The van der Waals surface area contributed by atoms with E-state index < -0.39 is 20.0 Å². The fourth-order valence-corrected chi connectivity index (χ4v) is 9.72. The summed E-state index contributed by atoms with van der Waals surface area (Å²) in [5.41, 5.74) is 0. The number of quaternary nitrogens is 1. The maximum atomic E-state index is 13.5. The highest BCUT2D eigenvalue weighted by molar-refractivity contribution is 7.47. The first kappa shape index (κ1) is 70.2. The van der Waals surface area contributed by atoms with Crippen molar-refractivity contribution in [3.63, 3.8) is 0 Å². The van der Waals surface area contributed by atoms with Crippen molar-refractivity contribution in [1.29, 1.82) is 0 Å². The minimum Gasteiger partial charge on any atom is -0.456 e. The Labute approximate surface area is 446 Å². The van der Waals surface area contributed by atoms with Gasteiger partial charge in [-0.1, -0.05) is 237 Å². The molecular weight excluding hydrogens is 916 g/mol. The summed E-state index contributed by atoms with van der Waals surface area (Å²) >= 11 is 0. The number of likely N-dealkylation sites (N-methyl/N-ethyl adjacent to an activating group) is 1. The van der Waals surface area contributed by atoms with Crippen molar-refractivity contribution in [2.45, 2.75) is 309 Å². The number of rotatable bonds is 56. The molecule has 0 aliphatic carbocycles. The highest BCUT2D eigenvalue weighted by Gasteiger charge is 2.30. The molecule has 2 N–H and O–H groups in total. The van der Waals surface area contributed by atoms with Crippen LogP contribution in [0.2, 0.25) is 0 Å². The number of amides is 1. The molecule has 0 rings (SSSR count). The third kappa shape index (κ3) is 53.1. The lowest BCUT2D eigenvalue weighted by Crippen LogP contribution is -2.47. The zero-order valence-corrected chi connectivity index (χ0v) is 49.3. The molecule has 0 aliphatic rings. The van der Waals surface area contributed by atoms with Crippen LogP contribution in [0.5, 0.6) is 0 Å². The van der Waals surface area contributed by atoms with Crippen molar-refractivity contribution in [1.82, 2.24) is 5.32 Å². The molecule has 0 aromatic carbocycles. The fraction of sp³-hybridized carbons (Fsp3) is 0.871. The molecule has 3 unspecified atom stereocenters. The number of hydrogen-bond donors (Lipinski definition) is 2. The number of hydrogen-bond acceptors (Lipinski definition) is 6. The number of carbonyl (C=O) groups is 2. The molecule has 0 heterocycles. The van der Waals surface area contributed by atoms with E-state index in [1.807, 2.05) is 33.3 Å². The molecule has 0 fully saturated rings. The summed E-state index contributed by atoms with van der Waals surface area (Å²) in [6.07, 6.45) is 62.8. The Morgan fingerprint density at radius 1 is 0.472 bits per heavy atom. The van der Waals surface area contributed by atoms with Gasteiger partial charge in [0, 0.05) is 12.8 Å². The van der Waals surface area contributed by atoms with E-state index in [2.05, 4.69) is 50.4 Å². The summed E-state index contributed by atoms with van der Waals surface area (Å²) < 4.78 is 30.7. The van der Waals surface area contributed by atoms with Crippen LogP contribution < -0.4 is 5.32 Å². The first-order valence-electron chi connectivity index (χ1n) is 30.8. The summed E-state index contributed by atoms with van der Waals surface area (Å²) in [5.74, 6) is -0.515. The highest BCUT2D eigenvalue weighted by atomic mass is 31.2. The van der Waals surface area contributed by atoms with Gasteiger partial charge in [0.1, 0.15) is 19.3 Å². The van der Waals surface area contributed by atoms with Gasteiger partial charge >= 0.3 is 13.8 Å².